The fourth-order valence-electron chi connectivity index (χ4n) is 7.75. The molecule has 0 aromatic heterocycles. The summed E-state index contributed by atoms with van der Waals surface area (Å²) in [6.45, 7) is 18.1. The van der Waals surface area contributed by atoms with Crippen molar-refractivity contribution in [2.75, 3.05) is 52.5 Å². The Morgan fingerprint density at radius 2 is 1.54 bits per heavy atom. The van der Waals surface area contributed by atoms with E-state index in [0.717, 1.165) is 55.6 Å². The number of benzene rings is 2. The van der Waals surface area contributed by atoms with Crippen molar-refractivity contribution in [3.63, 3.8) is 0 Å². The van der Waals surface area contributed by atoms with Crippen LogP contribution in [0.4, 0.5) is 16.2 Å². The molecule has 7 heteroatoms. The van der Waals surface area contributed by atoms with Crippen LogP contribution in [0.25, 0.3) is 0 Å². The number of nitrogens with zero attached hydrogens (tertiary/aromatic N) is 3. The van der Waals surface area contributed by atoms with Gasteiger partial charge in [-0.05, 0) is 82.7 Å². The Hall–Kier alpha value is -3.94. The second-order valence-corrected chi connectivity index (χ2v) is 15.7. The number of allylic oxidation sites excluding steroid dienone is 7. The predicted molar refractivity (Wildman–Crippen MR) is 205 cm³/mol. The molecule has 2 aliphatic heterocycles. The molecule has 50 heavy (non-hydrogen) atoms. The van der Waals surface area contributed by atoms with Crippen LogP contribution in [-0.4, -0.2) is 74.5 Å². The fraction of sp³-hybridized carbons (Fsp3) is 0.488. The zero-order chi connectivity index (χ0) is 36.3. The molecule has 0 radical (unpaired) electrons. The largest absolute Gasteiger partial charge is 0.443 e. The van der Waals surface area contributed by atoms with Crippen molar-refractivity contribution in [2.24, 2.45) is 0 Å². The SMILES string of the molecule is COCCCN1/C(=C/C=C2\CCC(/C=C/C3=[N+](CCCOC)c4ccccc4C3(C)C)=C2N(C)C(=O)OC(C)(C)C)C(C)(C)c2ccccc21. The summed E-state index contributed by atoms with van der Waals surface area (Å²) < 4.78 is 19.2. The highest BCUT2D eigenvalue weighted by molar-refractivity contribution is 6.03. The number of anilines is 1. The number of fused-ring (bicyclic) bond motifs is 2. The first-order chi connectivity index (χ1) is 23.7. The lowest BCUT2D eigenvalue weighted by atomic mass is 9.81. The number of ether oxygens (including phenoxy) is 3. The van der Waals surface area contributed by atoms with E-state index in [1.54, 1.807) is 19.1 Å². The topological polar surface area (TPSA) is 54.2 Å². The summed E-state index contributed by atoms with van der Waals surface area (Å²) in [6.07, 6.45) is 12.2. The summed E-state index contributed by atoms with van der Waals surface area (Å²) in [5, 5.41) is 0. The molecule has 0 spiro atoms. The van der Waals surface area contributed by atoms with Crippen LogP contribution in [0.2, 0.25) is 0 Å². The molecule has 268 valence electrons. The normalized spacial score (nSPS) is 19.7. The van der Waals surface area contributed by atoms with E-state index in [2.05, 4.69) is 110 Å². The second-order valence-electron chi connectivity index (χ2n) is 15.7. The molecule has 2 aromatic carbocycles. The van der Waals surface area contributed by atoms with Crippen LogP contribution < -0.4 is 4.90 Å². The van der Waals surface area contributed by atoms with Crippen LogP contribution in [0.1, 0.15) is 85.3 Å². The zero-order valence-corrected chi connectivity index (χ0v) is 32.1. The van der Waals surface area contributed by atoms with Crippen LogP contribution in [0.15, 0.2) is 95.4 Å². The number of carbonyl (C=O) groups excluding carboxylic acids is 1. The first-order valence-electron chi connectivity index (χ1n) is 18.1. The Balaban J connectivity index is 1.59. The Kier molecular flexibility index (Phi) is 11.3. The van der Waals surface area contributed by atoms with Gasteiger partial charge in [0.15, 0.2) is 12.3 Å². The first-order valence-corrected chi connectivity index (χ1v) is 18.1. The summed E-state index contributed by atoms with van der Waals surface area (Å²) in [5.74, 6) is 0. The summed E-state index contributed by atoms with van der Waals surface area (Å²) >= 11 is 0. The molecule has 2 aromatic rings. The Labute approximate surface area is 300 Å². The molecular formula is C43H58N3O4+. The molecule has 1 aliphatic carbocycles. The van der Waals surface area contributed by atoms with E-state index in [9.17, 15) is 4.79 Å². The number of amides is 1. The van der Waals surface area contributed by atoms with Gasteiger partial charge < -0.3 is 19.1 Å². The molecule has 1 amide bonds. The van der Waals surface area contributed by atoms with Gasteiger partial charge in [0.2, 0.25) is 5.69 Å². The summed E-state index contributed by atoms with van der Waals surface area (Å²) in [6, 6.07) is 17.4. The summed E-state index contributed by atoms with van der Waals surface area (Å²) in [5.41, 5.74) is 9.89. The molecule has 5 rings (SSSR count). The lowest BCUT2D eigenvalue weighted by molar-refractivity contribution is -0.438. The van der Waals surface area contributed by atoms with Crippen molar-refractivity contribution in [1.29, 1.82) is 0 Å². The summed E-state index contributed by atoms with van der Waals surface area (Å²) in [4.78, 5) is 17.8. The Morgan fingerprint density at radius 3 is 2.24 bits per heavy atom. The van der Waals surface area contributed by atoms with E-state index in [1.165, 1.54) is 33.9 Å². The summed E-state index contributed by atoms with van der Waals surface area (Å²) in [7, 11) is 5.36. The molecule has 0 saturated carbocycles. The molecule has 7 nitrogen and oxygen atoms in total. The molecule has 0 unspecified atom stereocenters. The van der Waals surface area contributed by atoms with E-state index in [0.29, 0.717) is 13.2 Å². The molecule has 0 bridgehead atoms. The third-order valence-electron chi connectivity index (χ3n) is 10.2. The monoisotopic (exact) mass is 680 g/mol. The Morgan fingerprint density at radius 1 is 0.880 bits per heavy atom. The van der Waals surface area contributed by atoms with Crippen LogP contribution in [0.3, 0.4) is 0 Å². The van der Waals surface area contributed by atoms with E-state index in [4.69, 9.17) is 14.2 Å². The molecule has 3 aliphatic rings. The van der Waals surface area contributed by atoms with Gasteiger partial charge >= 0.3 is 6.09 Å². The van der Waals surface area contributed by atoms with Crippen LogP contribution in [0, 0.1) is 0 Å². The average Bonchev–Trinajstić information content (AvgIpc) is 3.64. The molecule has 0 saturated heterocycles. The fourth-order valence-corrected chi connectivity index (χ4v) is 7.75. The van der Waals surface area contributed by atoms with Crippen LogP contribution >= 0.6 is 0 Å². The van der Waals surface area contributed by atoms with Gasteiger partial charge in [-0.15, -0.1) is 0 Å². The van der Waals surface area contributed by atoms with Gasteiger partial charge in [0.05, 0.1) is 17.7 Å². The maximum Gasteiger partial charge on any atom is 0.414 e. The number of likely N-dealkylation sites (N-methyl/N-ethyl adjacent to an activating group) is 1. The van der Waals surface area contributed by atoms with Gasteiger partial charge in [-0.3, -0.25) is 4.90 Å². The maximum absolute atomic E-state index is 13.6. The number of para-hydroxylation sites is 2. The zero-order valence-electron chi connectivity index (χ0n) is 32.1. The minimum Gasteiger partial charge on any atom is -0.443 e. The standard InChI is InChI=1S/C43H58N3O4/c1-41(2,3)50-40(47)44(8)39-31(23-25-37-42(4,5)33-17-11-13-19-35(33)45(37)27-15-29-48-9)21-22-32(39)24-26-38-43(6,7)34-18-12-14-20-36(34)46(38)28-16-30-49-10/h11-14,17-20,23-26H,15-16,21-22,27-30H2,1-10H3/q+1. The number of carbonyl (C=O) groups is 1. The van der Waals surface area contributed by atoms with Crippen LogP contribution in [-0.2, 0) is 25.0 Å². The minimum absolute atomic E-state index is 0.172. The quantitative estimate of drug-likeness (QED) is 0.165. The van der Waals surface area contributed by atoms with E-state index in [1.807, 2.05) is 27.8 Å². The Bertz CT molecular complexity index is 1730. The van der Waals surface area contributed by atoms with Crippen molar-refractivity contribution in [3.8, 4) is 0 Å². The molecular weight excluding hydrogens is 622 g/mol. The third kappa shape index (κ3) is 7.54. The molecule has 0 atom stereocenters. The van der Waals surface area contributed by atoms with Gasteiger partial charge in [-0.1, -0.05) is 62.4 Å². The minimum atomic E-state index is -0.604. The van der Waals surface area contributed by atoms with E-state index in [-0.39, 0.29) is 16.9 Å². The van der Waals surface area contributed by atoms with Crippen molar-refractivity contribution >= 4 is 23.2 Å². The van der Waals surface area contributed by atoms with E-state index >= 15 is 0 Å². The van der Waals surface area contributed by atoms with Crippen molar-refractivity contribution in [2.45, 2.75) is 90.6 Å². The number of hydrogen-bond donors (Lipinski definition) is 0. The second kappa shape index (κ2) is 15.1. The van der Waals surface area contributed by atoms with Gasteiger partial charge in [0, 0.05) is 75.3 Å². The molecule has 0 N–H and O–H groups in total. The van der Waals surface area contributed by atoms with Crippen molar-refractivity contribution in [1.82, 2.24) is 4.90 Å². The van der Waals surface area contributed by atoms with Gasteiger partial charge in [-0.2, -0.15) is 4.58 Å². The van der Waals surface area contributed by atoms with Gasteiger partial charge in [0.25, 0.3) is 0 Å². The lowest BCUT2D eigenvalue weighted by Gasteiger charge is -2.28. The van der Waals surface area contributed by atoms with Gasteiger partial charge in [0.1, 0.15) is 5.60 Å². The predicted octanol–water partition coefficient (Wildman–Crippen LogP) is 9.21. The van der Waals surface area contributed by atoms with E-state index < -0.39 is 5.60 Å². The molecule has 0 fully saturated rings. The third-order valence-corrected chi connectivity index (χ3v) is 10.2. The van der Waals surface area contributed by atoms with Crippen molar-refractivity contribution < 1.29 is 23.6 Å². The highest BCUT2D eigenvalue weighted by Gasteiger charge is 2.44. The number of rotatable bonds is 12. The number of methoxy groups -OCH3 is 2. The lowest BCUT2D eigenvalue weighted by Crippen LogP contribution is -2.34. The van der Waals surface area contributed by atoms with Crippen LogP contribution in [0.5, 0.6) is 0 Å². The first kappa shape index (κ1) is 37.3. The van der Waals surface area contributed by atoms with Gasteiger partial charge in [-0.25, -0.2) is 4.79 Å². The highest BCUT2D eigenvalue weighted by Crippen LogP contribution is 2.48. The average molecular weight is 681 g/mol. The maximum atomic E-state index is 13.6. The highest BCUT2D eigenvalue weighted by atomic mass is 16.6. The molecule has 2 heterocycles. The van der Waals surface area contributed by atoms with Crippen molar-refractivity contribution in [3.05, 3.63) is 107 Å². The number of hydrogen-bond acceptors (Lipinski definition) is 5. The smallest absolute Gasteiger partial charge is 0.414 e.